The number of carbonyl (C=O) groups excluding carboxylic acids is 1. The molecule has 3 aliphatic heterocycles. The Hall–Kier alpha value is -2.44. The van der Waals surface area contributed by atoms with Crippen LogP contribution in [0.4, 0.5) is 10.5 Å². The largest absolute Gasteiger partial charge is 0.381 e. The van der Waals surface area contributed by atoms with E-state index in [2.05, 4.69) is 33.4 Å². The summed E-state index contributed by atoms with van der Waals surface area (Å²) in [5.74, 6) is 1.75. The van der Waals surface area contributed by atoms with E-state index in [1.54, 1.807) is 6.20 Å². The molecule has 3 aliphatic rings. The maximum absolute atomic E-state index is 12.5. The molecule has 0 radical (unpaired) electrons. The zero-order valence-electron chi connectivity index (χ0n) is 18.1. The fraction of sp³-hybridized carbons (Fsp3) is 0.520. The maximum atomic E-state index is 12.5. The van der Waals surface area contributed by atoms with Crippen molar-refractivity contribution in [2.75, 3.05) is 51.3 Å². The molecule has 5 rings (SSSR count). The van der Waals surface area contributed by atoms with Crippen molar-refractivity contribution in [2.45, 2.75) is 31.1 Å². The van der Waals surface area contributed by atoms with Crippen LogP contribution in [0.1, 0.15) is 42.2 Å². The highest BCUT2D eigenvalue weighted by Gasteiger charge is 2.32. The summed E-state index contributed by atoms with van der Waals surface area (Å²) >= 11 is 0. The summed E-state index contributed by atoms with van der Waals surface area (Å²) in [4.78, 5) is 21.2. The van der Waals surface area contributed by atoms with E-state index in [0.717, 1.165) is 37.9 Å². The minimum absolute atomic E-state index is 0.0166. The summed E-state index contributed by atoms with van der Waals surface area (Å²) in [6.45, 7) is 6.92. The molecule has 6 nitrogen and oxygen atoms in total. The van der Waals surface area contributed by atoms with Crippen molar-refractivity contribution in [3.8, 4) is 0 Å². The number of piperidine rings is 1. The van der Waals surface area contributed by atoms with Crippen molar-refractivity contribution < 1.29 is 9.53 Å². The average molecular weight is 421 g/mol. The van der Waals surface area contributed by atoms with E-state index in [-0.39, 0.29) is 6.03 Å². The molecule has 0 saturated carbocycles. The Morgan fingerprint density at radius 1 is 1.03 bits per heavy atom. The van der Waals surface area contributed by atoms with Gasteiger partial charge in [0.2, 0.25) is 0 Å². The van der Waals surface area contributed by atoms with Gasteiger partial charge < -0.3 is 19.9 Å². The Kier molecular flexibility index (Phi) is 6.18. The molecule has 1 aromatic carbocycles. The normalized spacial score (nSPS) is 23.0. The lowest BCUT2D eigenvalue weighted by molar-refractivity contribution is 0.152. The number of aromatic nitrogens is 1. The summed E-state index contributed by atoms with van der Waals surface area (Å²) in [7, 11) is 0. The monoisotopic (exact) mass is 420 g/mol. The lowest BCUT2D eigenvalue weighted by Gasteiger charge is -2.39. The Morgan fingerprint density at radius 2 is 1.84 bits per heavy atom. The minimum Gasteiger partial charge on any atom is -0.381 e. The number of likely N-dealkylation sites (tertiary alicyclic amines) is 2. The van der Waals surface area contributed by atoms with Crippen LogP contribution >= 0.6 is 0 Å². The van der Waals surface area contributed by atoms with Gasteiger partial charge in [-0.15, -0.1) is 0 Å². The van der Waals surface area contributed by atoms with Gasteiger partial charge in [-0.1, -0.05) is 18.2 Å². The zero-order chi connectivity index (χ0) is 21.0. The van der Waals surface area contributed by atoms with Crippen LogP contribution in [-0.4, -0.2) is 66.8 Å². The summed E-state index contributed by atoms with van der Waals surface area (Å²) in [6, 6.07) is 12.5. The standard InChI is InChI=1S/C25H32N4O2/c30-25(29-16-23(17-29)22-2-1-10-26-14-22)27-24-5-3-20(4-6-24)21-7-11-28(12-8-21)15-19-9-13-31-18-19/h1-6,10,14,19,21,23H,7-9,11-13,15-18H2,(H,27,30). The first-order chi connectivity index (χ1) is 15.2. The predicted molar refractivity (Wildman–Crippen MR) is 121 cm³/mol. The first-order valence-electron chi connectivity index (χ1n) is 11.6. The summed E-state index contributed by atoms with van der Waals surface area (Å²) in [5, 5.41) is 3.04. The van der Waals surface area contributed by atoms with Crippen LogP contribution in [-0.2, 0) is 4.74 Å². The number of amides is 2. The van der Waals surface area contributed by atoms with E-state index in [0.29, 0.717) is 11.8 Å². The van der Waals surface area contributed by atoms with Crippen LogP contribution < -0.4 is 5.32 Å². The fourth-order valence-electron chi connectivity index (χ4n) is 5.06. The van der Waals surface area contributed by atoms with Crippen LogP contribution in [0.15, 0.2) is 48.8 Å². The quantitative estimate of drug-likeness (QED) is 0.796. The zero-order valence-corrected chi connectivity index (χ0v) is 18.1. The van der Waals surface area contributed by atoms with Crippen LogP contribution in [0, 0.1) is 5.92 Å². The summed E-state index contributed by atoms with van der Waals surface area (Å²) in [6.07, 6.45) is 7.32. The van der Waals surface area contributed by atoms with Crippen molar-refractivity contribution in [1.29, 1.82) is 0 Å². The Balaban J connectivity index is 1.07. The summed E-state index contributed by atoms with van der Waals surface area (Å²) < 4.78 is 5.52. The fourth-order valence-corrected chi connectivity index (χ4v) is 5.06. The number of nitrogens with zero attached hydrogens (tertiary/aromatic N) is 3. The predicted octanol–water partition coefficient (Wildman–Crippen LogP) is 3.93. The first kappa shape index (κ1) is 20.5. The molecule has 0 bridgehead atoms. The Labute approximate surface area is 184 Å². The van der Waals surface area contributed by atoms with Crippen molar-refractivity contribution in [3.63, 3.8) is 0 Å². The second kappa shape index (κ2) is 9.37. The highest BCUT2D eigenvalue weighted by molar-refractivity contribution is 5.90. The Morgan fingerprint density at radius 3 is 2.52 bits per heavy atom. The van der Waals surface area contributed by atoms with E-state index >= 15 is 0 Å². The average Bonchev–Trinajstić information content (AvgIpc) is 3.28. The lowest BCUT2D eigenvalue weighted by atomic mass is 9.89. The topological polar surface area (TPSA) is 57.7 Å². The van der Waals surface area contributed by atoms with Crippen LogP contribution in [0.3, 0.4) is 0 Å². The number of benzene rings is 1. The van der Waals surface area contributed by atoms with Crippen LogP contribution in [0.2, 0.25) is 0 Å². The third kappa shape index (κ3) is 4.91. The molecule has 0 spiro atoms. The van der Waals surface area contributed by atoms with E-state index in [1.165, 1.54) is 50.0 Å². The van der Waals surface area contributed by atoms with Gasteiger partial charge in [-0.25, -0.2) is 4.79 Å². The molecule has 4 heterocycles. The number of ether oxygens (including phenoxy) is 1. The number of rotatable bonds is 5. The van der Waals surface area contributed by atoms with Gasteiger partial charge in [0.25, 0.3) is 0 Å². The molecule has 164 valence electrons. The minimum atomic E-state index is -0.0166. The van der Waals surface area contributed by atoms with Crippen molar-refractivity contribution in [2.24, 2.45) is 5.92 Å². The number of urea groups is 1. The molecule has 6 heteroatoms. The molecule has 1 unspecified atom stereocenters. The van der Waals surface area contributed by atoms with Gasteiger partial charge in [0.15, 0.2) is 0 Å². The molecule has 31 heavy (non-hydrogen) atoms. The molecule has 0 aliphatic carbocycles. The number of anilines is 1. The molecular formula is C25H32N4O2. The smallest absolute Gasteiger partial charge is 0.321 e. The third-order valence-corrected chi connectivity index (χ3v) is 7.09. The number of nitrogens with one attached hydrogen (secondary N) is 1. The molecule has 2 aromatic rings. The highest BCUT2D eigenvalue weighted by Crippen LogP contribution is 2.30. The third-order valence-electron chi connectivity index (χ3n) is 7.09. The van der Waals surface area contributed by atoms with Crippen LogP contribution in [0.5, 0.6) is 0 Å². The molecule has 1 atom stereocenters. The van der Waals surface area contributed by atoms with Crippen LogP contribution in [0.25, 0.3) is 0 Å². The molecule has 1 N–H and O–H groups in total. The first-order valence-corrected chi connectivity index (χ1v) is 11.6. The van der Waals surface area contributed by atoms with Gasteiger partial charge in [0.1, 0.15) is 0 Å². The van der Waals surface area contributed by atoms with E-state index in [4.69, 9.17) is 4.74 Å². The molecular weight excluding hydrogens is 388 g/mol. The van der Waals surface area contributed by atoms with Crippen molar-refractivity contribution >= 4 is 11.7 Å². The van der Waals surface area contributed by atoms with Crippen molar-refractivity contribution in [3.05, 3.63) is 59.9 Å². The lowest BCUT2D eigenvalue weighted by Crippen LogP contribution is -2.50. The number of hydrogen-bond donors (Lipinski definition) is 1. The second-order valence-corrected chi connectivity index (χ2v) is 9.24. The van der Waals surface area contributed by atoms with Crippen molar-refractivity contribution in [1.82, 2.24) is 14.8 Å². The van der Waals surface area contributed by atoms with Gasteiger partial charge in [0, 0.05) is 50.2 Å². The van der Waals surface area contributed by atoms with Gasteiger partial charge in [-0.3, -0.25) is 4.98 Å². The molecule has 1 aromatic heterocycles. The molecule has 3 fully saturated rings. The van der Waals surface area contributed by atoms with E-state index < -0.39 is 0 Å². The van der Waals surface area contributed by atoms with Gasteiger partial charge in [0.05, 0.1) is 6.61 Å². The van der Waals surface area contributed by atoms with Gasteiger partial charge in [-0.2, -0.15) is 0 Å². The van der Waals surface area contributed by atoms with E-state index in [1.807, 2.05) is 29.3 Å². The Bertz CT molecular complexity index is 853. The van der Waals surface area contributed by atoms with Gasteiger partial charge in [-0.05, 0) is 73.5 Å². The SMILES string of the molecule is O=C(Nc1ccc(C2CCN(CC3CCOC3)CC2)cc1)N1CC(c2cccnc2)C1. The second-order valence-electron chi connectivity index (χ2n) is 9.24. The summed E-state index contributed by atoms with van der Waals surface area (Å²) in [5.41, 5.74) is 3.47. The molecule has 2 amide bonds. The maximum Gasteiger partial charge on any atom is 0.321 e. The highest BCUT2D eigenvalue weighted by atomic mass is 16.5. The molecule has 3 saturated heterocycles. The number of hydrogen-bond acceptors (Lipinski definition) is 4. The number of carbonyl (C=O) groups is 1. The van der Waals surface area contributed by atoms with Gasteiger partial charge >= 0.3 is 6.03 Å². The number of pyridine rings is 1. The van der Waals surface area contributed by atoms with E-state index in [9.17, 15) is 4.79 Å².